The number of carbonyl (C=O) groups excluding carboxylic acids is 2. The molecule has 1 saturated heterocycles. The molecule has 0 bridgehead atoms. The van der Waals surface area contributed by atoms with Crippen LogP contribution in [-0.2, 0) is 9.47 Å². The van der Waals surface area contributed by atoms with Crippen molar-refractivity contribution in [2.45, 2.75) is 6.92 Å². The summed E-state index contributed by atoms with van der Waals surface area (Å²) in [6.45, 7) is 4.27. The smallest absolute Gasteiger partial charge is 0.340 e. The van der Waals surface area contributed by atoms with Gasteiger partial charge >= 0.3 is 5.97 Å². The zero-order valence-electron chi connectivity index (χ0n) is 14.6. The number of carbonyl (C=O) groups is 2. The molecule has 7 nitrogen and oxygen atoms in total. The van der Waals surface area contributed by atoms with Crippen molar-refractivity contribution in [1.82, 2.24) is 9.88 Å². The highest BCUT2D eigenvalue weighted by Crippen LogP contribution is 2.22. The van der Waals surface area contributed by atoms with Gasteiger partial charge in [-0.05, 0) is 31.2 Å². The van der Waals surface area contributed by atoms with Crippen LogP contribution in [0.3, 0.4) is 0 Å². The number of para-hydroxylation sites is 1. The molecule has 1 aliphatic heterocycles. The summed E-state index contributed by atoms with van der Waals surface area (Å²) >= 11 is 0. The number of pyridine rings is 1. The number of esters is 1. The Hall–Kier alpha value is -2.93. The van der Waals surface area contributed by atoms with Gasteiger partial charge in [-0.25, -0.2) is 4.79 Å². The first-order chi connectivity index (χ1) is 12.7. The molecule has 0 atom stereocenters. The van der Waals surface area contributed by atoms with Crippen molar-refractivity contribution in [3.05, 3.63) is 53.9 Å². The van der Waals surface area contributed by atoms with E-state index in [4.69, 9.17) is 9.47 Å². The molecule has 1 aromatic carbocycles. The van der Waals surface area contributed by atoms with E-state index in [0.717, 1.165) is 0 Å². The number of morpholine rings is 1. The molecule has 1 aliphatic rings. The molecule has 26 heavy (non-hydrogen) atoms. The summed E-state index contributed by atoms with van der Waals surface area (Å²) in [6, 6.07) is 10.5. The van der Waals surface area contributed by atoms with Crippen molar-refractivity contribution in [2.75, 3.05) is 38.2 Å². The third kappa shape index (κ3) is 4.18. The molecule has 136 valence electrons. The quantitative estimate of drug-likeness (QED) is 0.830. The first-order valence-corrected chi connectivity index (χ1v) is 8.55. The number of aromatic nitrogens is 1. The molecule has 3 rings (SSSR count). The lowest BCUT2D eigenvalue weighted by atomic mass is 10.1. The number of hydrogen-bond acceptors (Lipinski definition) is 6. The van der Waals surface area contributed by atoms with Crippen molar-refractivity contribution in [2.24, 2.45) is 0 Å². The largest absolute Gasteiger partial charge is 0.462 e. The fraction of sp³-hybridized carbons (Fsp3) is 0.316. The molecular weight excluding hydrogens is 334 g/mol. The van der Waals surface area contributed by atoms with Gasteiger partial charge in [0.15, 0.2) is 0 Å². The molecule has 0 unspecified atom stereocenters. The Morgan fingerprint density at radius 1 is 1.23 bits per heavy atom. The monoisotopic (exact) mass is 355 g/mol. The van der Waals surface area contributed by atoms with Crippen LogP contribution in [0.15, 0.2) is 42.6 Å². The van der Waals surface area contributed by atoms with Gasteiger partial charge < -0.3 is 19.7 Å². The van der Waals surface area contributed by atoms with E-state index in [1.165, 1.54) is 0 Å². The van der Waals surface area contributed by atoms with Gasteiger partial charge in [0.05, 0.1) is 31.1 Å². The molecule has 2 heterocycles. The minimum absolute atomic E-state index is 0.129. The lowest BCUT2D eigenvalue weighted by Gasteiger charge is -2.26. The zero-order chi connectivity index (χ0) is 18.4. The average molecular weight is 355 g/mol. The topological polar surface area (TPSA) is 80.8 Å². The van der Waals surface area contributed by atoms with Gasteiger partial charge in [-0.1, -0.05) is 12.1 Å². The average Bonchev–Trinajstić information content (AvgIpc) is 2.69. The van der Waals surface area contributed by atoms with E-state index < -0.39 is 5.97 Å². The van der Waals surface area contributed by atoms with Gasteiger partial charge in [-0.15, -0.1) is 0 Å². The van der Waals surface area contributed by atoms with Crippen molar-refractivity contribution in [3.8, 4) is 0 Å². The zero-order valence-corrected chi connectivity index (χ0v) is 14.6. The number of nitrogens with one attached hydrogen (secondary N) is 1. The number of amides is 1. The van der Waals surface area contributed by atoms with Crippen molar-refractivity contribution in [3.63, 3.8) is 0 Å². The maximum absolute atomic E-state index is 12.6. The number of hydrogen-bond donors (Lipinski definition) is 1. The second-order valence-electron chi connectivity index (χ2n) is 5.73. The molecule has 1 N–H and O–H groups in total. The van der Waals surface area contributed by atoms with Gasteiger partial charge in [-0.2, -0.15) is 0 Å². The van der Waals surface area contributed by atoms with Crippen molar-refractivity contribution < 1.29 is 19.1 Å². The number of nitrogens with zero attached hydrogens (tertiary/aromatic N) is 2. The highest BCUT2D eigenvalue weighted by Gasteiger charge is 2.20. The lowest BCUT2D eigenvalue weighted by Crippen LogP contribution is -2.41. The summed E-state index contributed by atoms with van der Waals surface area (Å²) in [5.74, 6) is -0.523. The molecule has 0 saturated carbocycles. The summed E-state index contributed by atoms with van der Waals surface area (Å²) in [5.41, 5.74) is 2.08. The van der Waals surface area contributed by atoms with E-state index in [-0.39, 0.29) is 5.91 Å². The Morgan fingerprint density at radius 3 is 2.77 bits per heavy atom. The molecule has 2 aromatic rings. The Labute approximate surface area is 151 Å². The number of anilines is 2. The van der Waals surface area contributed by atoms with E-state index >= 15 is 0 Å². The second kappa shape index (κ2) is 8.44. The normalized spacial score (nSPS) is 14.0. The highest BCUT2D eigenvalue weighted by atomic mass is 16.5. The Morgan fingerprint density at radius 2 is 2.00 bits per heavy atom. The predicted molar refractivity (Wildman–Crippen MR) is 96.6 cm³/mol. The fourth-order valence-electron chi connectivity index (χ4n) is 2.69. The molecule has 7 heteroatoms. The van der Waals surface area contributed by atoms with Gasteiger partial charge in [0.1, 0.15) is 5.69 Å². The summed E-state index contributed by atoms with van der Waals surface area (Å²) in [6.07, 6.45) is 1.57. The molecule has 0 spiro atoms. The summed E-state index contributed by atoms with van der Waals surface area (Å²) in [7, 11) is 0. The maximum atomic E-state index is 12.6. The Balaban J connectivity index is 1.79. The molecule has 1 fully saturated rings. The molecular formula is C19H21N3O4. The Kier molecular flexibility index (Phi) is 5.80. The predicted octanol–water partition coefficient (Wildman–Crippen LogP) is 2.47. The van der Waals surface area contributed by atoms with E-state index in [0.29, 0.717) is 55.5 Å². The van der Waals surface area contributed by atoms with Crippen LogP contribution < -0.4 is 5.32 Å². The van der Waals surface area contributed by atoms with Crippen molar-refractivity contribution in [1.29, 1.82) is 0 Å². The van der Waals surface area contributed by atoms with Crippen LogP contribution in [-0.4, -0.2) is 54.7 Å². The van der Waals surface area contributed by atoms with Crippen LogP contribution in [0.25, 0.3) is 0 Å². The van der Waals surface area contributed by atoms with E-state index in [2.05, 4.69) is 10.3 Å². The summed E-state index contributed by atoms with van der Waals surface area (Å²) in [4.78, 5) is 30.6. The lowest BCUT2D eigenvalue weighted by molar-refractivity contribution is 0.0299. The highest BCUT2D eigenvalue weighted by molar-refractivity contribution is 5.97. The first-order valence-electron chi connectivity index (χ1n) is 8.55. The van der Waals surface area contributed by atoms with Crippen molar-refractivity contribution >= 4 is 23.3 Å². The first kappa shape index (κ1) is 17.9. The van der Waals surface area contributed by atoms with E-state index in [9.17, 15) is 9.59 Å². The molecule has 0 radical (unpaired) electrons. The van der Waals surface area contributed by atoms with Crippen LogP contribution in [0, 0.1) is 0 Å². The van der Waals surface area contributed by atoms with Crippen LogP contribution >= 0.6 is 0 Å². The molecule has 1 aromatic heterocycles. The van der Waals surface area contributed by atoms with Gasteiger partial charge in [-0.3, -0.25) is 9.78 Å². The van der Waals surface area contributed by atoms with Crippen LogP contribution in [0.1, 0.15) is 27.8 Å². The third-order valence-electron chi connectivity index (χ3n) is 3.98. The minimum Gasteiger partial charge on any atom is -0.462 e. The Bertz CT molecular complexity index is 788. The number of benzene rings is 1. The van der Waals surface area contributed by atoms with Crippen LogP contribution in [0.5, 0.6) is 0 Å². The molecule has 1 amide bonds. The summed E-state index contributed by atoms with van der Waals surface area (Å²) < 4.78 is 10.4. The standard InChI is InChI=1S/C19H21N3O4/c1-2-26-19(24)15-5-3-4-6-16(15)21-14-7-8-20-17(13-14)18(23)22-9-11-25-12-10-22/h3-8,13H,2,9-12H2,1H3,(H,20,21). The maximum Gasteiger partial charge on any atom is 0.340 e. The van der Waals surface area contributed by atoms with Gasteiger partial charge in [0, 0.05) is 25.0 Å². The minimum atomic E-state index is -0.394. The second-order valence-corrected chi connectivity index (χ2v) is 5.73. The third-order valence-corrected chi connectivity index (χ3v) is 3.98. The SMILES string of the molecule is CCOC(=O)c1ccccc1Nc1ccnc(C(=O)N2CCOCC2)c1. The number of rotatable bonds is 5. The van der Waals surface area contributed by atoms with Gasteiger partial charge in [0.25, 0.3) is 5.91 Å². The van der Waals surface area contributed by atoms with Crippen LogP contribution in [0.2, 0.25) is 0 Å². The van der Waals surface area contributed by atoms with E-state index in [1.807, 2.05) is 6.07 Å². The summed E-state index contributed by atoms with van der Waals surface area (Å²) in [5, 5.41) is 3.17. The fourth-order valence-corrected chi connectivity index (χ4v) is 2.69. The van der Waals surface area contributed by atoms with E-state index in [1.54, 1.807) is 48.4 Å². The van der Waals surface area contributed by atoms with Gasteiger partial charge in [0.2, 0.25) is 0 Å². The molecule has 0 aliphatic carbocycles. The van der Waals surface area contributed by atoms with Crippen LogP contribution in [0.4, 0.5) is 11.4 Å². The number of ether oxygens (including phenoxy) is 2.